The molecule has 0 radical (unpaired) electrons. The fourth-order valence-corrected chi connectivity index (χ4v) is 3.78. The van der Waals surface area contributed by atoms with Crippen LogP contribution in [0.3, 0.4) is 0 Å². The van der Waals surface area contributed by atoms with Crippen molar-refractivity contribution in [2.75, 3.05) is 20.3 Å². The van der Waals surface area contributed by atoms with Gasteiger partial charge in [0.1, 0.15) is 0 Å². The predicted octanol–water partition coefficient (Wildman–Crippen LogP) is 2.30. The van der Waals surface area contributed by atoms with Crippen molar-refractivity contribution < 1.29 is 0 Å². The van der Waals surface area contributed by atoms with Crippen LogP contribution < -0.4 is 5.32 Å². The molecule has 1 aromatic carbocycles. The van der Waals surface area contributed by atoms with Crippen molar-refractivity contribution in [1.82, 2.24) is 15.2 Å². The highest BCUT2D eigenvalue weighted by atomic mass is 35.5. The number of fused-ring (bicyclic) bond motifs is 2. The molecule has 1 aliphatic heterocycles. The Morgan fingerprint density at radius 1 is 1.30 bits per heavy atom. The van der Waals surface area contributed by atoms with E-state index < -0.39 is 0 Å². The summed E-state index contributed by atoms with van der Waals surface area (Å²) >= 11 is 5.88. The maximum Gasteiger partial charge on any atom is 0.0708 e. The molecular weight excluding hydrogens is 270 g/mol. The maximum absolute atomic E-state index is 5.88. The van der Waals surface area contributed by atoms with Crippen molar-refractivity contribution in [3.63, 3.8) is 0 Å². The number of rotatable bonds is 1. The molecule has 4 heteroatoms. The van der Waals surface area contributed by atoms with Gasteiger partial charge in [0.15, 0.2) is 0 Å². The minimum atomic E-state index is 0.273. The lowest BCUT2D eigenvalue weighted by atomic mass is 9.96. The van der Waals surface area contributed by atoms with Gasteiger partial charge < -0.3 is 5.32 Å². The number of pyridine rings is 1. The Hall–Kier alpha value is -1.16. The molecule has 0 saturated carbocycles. The van der Waals surface area contributed by atoms with Crippen molar-refractivity contribution in [2.45, 2.75) is 24.3 Å². The summed E-state index contributed by atoms with van der Waals surface area (Å²) in [7, 11) is 2.22. The van der Waals surface area contributed by atoms with Crippen LogP contribution in [-0.4, -0.2) is 35.7 Å². The highest BCUT2D eigenvalue weighted by molar-refractivity contribution is 6.16. The van der Waals surface area contributed by atoms with Gasteiger partial charge in [0.05, 0.1) is 17.1 Å². The highest BCUT2D eigenvalue weighted by Gasteiger charge is 2.43. The Balaban J connectivity index is 1.80. The molecule has 0 amide bonds. The second kappa shape index (κ2) is 4.42. The third-order valence-electron chi connectivity index (χ3n) is 4.86. The first-order chi connectivity index (χ1) is 9.70. The first kappa shape index (κ1) is 12.6. The summed E-state index contributed by atoms with van der Waals surface area (Å²) in [5.41, 5.74) is 5.23. The van der Waals surface area contributed by atoms with Crippen molar-refractivity contribution in [3.05, 3.63) is 41.1 Å². The van der Waals surface area contributed by atoms with Gasteiger partial charge in [-0.3, -0.25) is 9.88 Å². The van der Waals surface area contributed by atoms with E-state index in [0.717, 1.165) is 37.3 Å². The van der Waals surface area contributed by atoms with Crippen molar-refractivity contribution >= 4 is 22.5 Å². The molecule has 1 aliphatic carbocycles. The number of nitrogens with one attached hydrogen (secondary N) is 1. The third-order valence-corrected chi connectivity index (χ3v) is 5.13. The van der Waals surface area contributed by atoms with E-state index in [0.29, 0.717) is 5.88 Å². The number of hydrogen-bond acceptors (Lipinski definition) is 3. The van der Waals surface area contributed by atoms with Crippen LogP contribution in [0.2, 0.25) is 0 Å². The highest BCUT2D eigenvalue weighted by Crippen LogP contribution is 2.37. The predicted molar refractivity (Wildman–Crippen MR) is 82.1 cm³/mol. The fourth-order valence-electron chi connectivity index (χ4n) is 3.63. The van der Waals surface area contributed by atoms with E-state index in [9.17, 15) is 0 Å². The Kier molecular flexibility index (Phi) is 2.78. The van der Waals surface area contributed by atoms with Crippen LogP contribution in [0.1, 0.15) is 16.8 Å². The summed E-state index contributed by atoms with van der Waals surface area (Å²) in [6.07, 6.45) is 2.26. The minimum absolute atomic E-state index is 0.273. The molecule has 1 aromatic heterocycles. The summed E-state index contributed by atoms with van der Waals surface area (Å²) in [5.74, 6) is 0.476. The molecule has 2 heterocycles. The molecule has 2 aliphatic rings. The second-order valence-corrected chi connectivity index (χ2v) is 6.38. The maximum atomic E-state index is 5.88. The number of halogens is 1. The molecule has 104 valence electrons. The topological polar surface area (TPSA) is 28.2 Å². The summed E-state index contributed by atoms with van der Waals surface area (Å²) in [6, 6.07) is 8.75. The Bertz CT molecular complexity index is 685. The molecular formula is C16H18ClN3. The standard InChI is InChI=1S/C16H18ClN3/c1-20-10-18-9-16(20)6-12-4-11-2-3-14(8-17)19-15(11)5-13(12)7-16/h2-5,18H,6-10H2,1H3. The molecule has 1 N–H and O–H groups in total. The van der Waals surface area contributed by atoms with Crippen molar-refractivity contribution in [3.8, 4) is 0 Å². The van der Waals surface area contributed by atoms with Gasteiger partial charge in [-0.05, 0) is 49.2 Å². The molecule has 1 spiro atoms. The van der Waals surface area contributed by atoms with Crippen LogP contribution in [0.5, 0.6) is 0 Å². The molecule has 0 bridgehead atoms. The first-order valence-corrected chi connectivity index (χ1v) is 7.63. The van der Waals surface area contributed by atoms with Crippen LogP contribution in [0.15, 0.2) is 24.3 Å². The first-order valence-electron chi connectivity index (χ1n) is 7.10. The number of aromatic nitrogens is 1. The monoisotopic (exact) mass is 287 g/mol. The second-order valence-electron chi connectivity index (χ2n) is 6.11. The molecule has 3 nitrogen and oxygen atoms in total. The van der Waals surface area contributed by atoms with Gasteiger partial charge in [-0.1, -0.05) is 6.07 Å². The lowest BCUT2D eigenvalue weighted by molar-refractivity contribution is 0.196. The number of nitrogens with zero attached hydrogens (tertiary/aromatic N) is 2. The van der Waals surface area contributed by atoms with Crippen molar-refractivity contribution in [2.24, 2.45) is 0 Å². The summed E-state index contributed by atoms with van der Waals surface area (Å²) in [6.45, 7) is 2.07. The molecule has 1 unspecified atom stereocenters. The van der Waals surface area contributed by atoms with E-state index in [4.69, 9.17) is 11.6 Å². The van der Waals surface area contributed by atoms with Gasteiger partial charge in [-0.25, -0.2) is 0 Å². The smallest absolute Gasteiger partial charge is 0.0708 e. The summed E-state index contributed by atoms with van der Waals surface area (Å²) in [4.78, 5) is 7.10. The zero-order valence-corrected chi connectivity index (χ0v) is 12.4. The van der Waals surface area contributed by atoms with Gasteiger partial charge in [0.25, 0.3) is 0 Å². The van der Waals surface area contributed by atoms with Crippen LogP contribution in [0, 0.1) is 0 Å². The third kappa shape index (κ3) is 1.77. The zero-order chi connectivity index (χ0) is 13.7. The van der Waals surface area contributed by atoms with Crippen LogP contribution in [0.4, 0.5) is 0 Å². The quantitative estimate of drug-likeness (QED) is 0.816. The SMILES string of the molecule is CN1CNCC12Cc1cc3ccc(CCl)nc3cc1C2. The van der Waals surface area contributed by atoms with Crippen LogP contribution in [0.25, 0.3) is 10.9 Å². The van der Waals surface area contributed by atoms with E-state index >= 15 is 0 Å². The van der Waals surface area contributed by atoms with Crippen LogP contribution >= 0.6 is 11.6 Å². The Morgan fingerprint density at radius 2 is 2.10 bits per heavy atom. The average Bonchev–Trinajstić information content (AvgIpc) is 2.99. The van der Waals surface area contributed by atoms with Gasteiger partial charge in [0.2, 0.25) is 0 Å². The molecule has 20 heavy (non-hydrogen) atoms. The molecule has 1 saturated heterocycles. The van der Waals surface area contributed by atoms with E-state index in [2.05, 4.69) is 40.4 Å². The fraction of sp³-hybridized carbons (Fsp3) is 0.438. The van der Waals surface area contributed by atoms with Gasteiger partial charge >= 0.3 is 0 Å². The molecule has 2 aromatic rings. The lowest BCUT2D eigenvalue weighted by Gasteiger charge is -2.30. The van der Waals surface area contributed by atoms with Gasteiger partial charge in [0, 0.05) is 24.1 Å². The van der Waals surface area contributed by atoms with Crippen LogP contribution in [-0.2, 0) is 18.7 Å². The molecule has 1 atom stereocenters. The number of hydrogen-bond donors (Lipinski definition) is 1. The van der Waals surface area contributed by atoms with Crippen molar-refractivity contribution in [1.29, 1.82) is 0 Å². The Morgan fingerprint density at radius 3 is 2.80 bits per heavy atom. The van der Waals surface area contributed by atoms with E-state index in [1.165, 1.54) is 16.5 Å². The Labute approximate surface area is 123 Å². The van der Waals surface area contributed by atoms with E-state index in [1.807, 2.05) is 6.07 Å². The van der Waals surface area contributed by atoms with Gasteiger partial charge in [-0.2, -0.15) is 0 Å². The summed E-state index contributed by atoms with van der Waals surface area (Å²) < 4.78 is 0. The van der Waals surface area contributed by atoms with E-state index in [-0.39, 0.29) is 5.54 Å². The summed E-state index contributed by atoms with van der Waals surface area (Å²) in [5, 5.41) is 4.72. The normalized spacial score (nSPS) is 25.7. The van der Waals surface area contributed by atoms with Gasteiger partial charge in [-0.15, -0.1) is 11.6 Å². The largest absolute Gasteiger partial charge is 0.302 e. The molecule has 4 rings (SSSR count). The number of alkyl halides is 1. The average molecular weight is 288 g/mol. The number of benzene rings is 1. The lowest BCUT2D eigenvalue weighted by Crippen LogP contribution is -2.44. The number of likely N-dealkylation sites (N-methyl/N-ethyl adjacent to an activating group) is 1. The van der Waals surface area contributed by atoms with E-state index in [1.54, 1.807) is 0 Å². The minimum Gasteiger partial charge on any atom is -0.302 e. The zero-order valence-electron chi connectivity index (χ0n) is 11.6. The molecule has 1 fully saturated rings.